The highest BCUT2D eigenvalue weighted by atomic mass is 16.6. The number of rotatable bonds is 11. The smallest absolute Gasteiger partial charge is 0.338 e. The third-order valence-electron chi connectivity index (χ3n) is 5.26. The van der Waals surface area contributed by atoms with Gasteiger partial charge in [0, 0.05) is 12.8 Å². The molecule has 2 rings (SSSR count). The van der Waals surface area contributed by atoms with Crippen molar-refractivity contribution in [3.8, 4) is 0 Å². The molecule has 5 heteroatoms. The molecule has 2 saturated heterocycles. The fraction of sp³-hybridized carbons (Fsp3) is 0.800. The Hall–Kier alpha value is -1.36. The first-order chi connectivity index (χ1) is 12.1. The van der Waals surface area contributed by atoms with Gasteiger partial charge in [-0.15, -0.1) is 0 Å². The standard InChI is InChI=1S/C20H32O5/c1-2-3-4-5-6-7-8-9-10-11-12-16-19(23)24-17(15-21)20(16)14-13-18(22)25-20/h12,17,21H,2-11,13-15H2,1H3/b16-12+/t17-,20+/m0/s1. The molecule has 2 fully saturated rings. The van der Waals surface area contributed by atoms with E-state index in [-0.39, 0.29) is 19.0 Å². The topological polar surface area (TPSA) is 72.8 Å². The Balaban J connectivity index is 1.74. The maximum absolute atomic E-state index is 12.1. The third-order valence-corrected chi connectivity index (χ3v) is 5.26. The van der Waals surface area contributed by atoms with E-state index in [4.69, 9.17) is 9.47 Å². The van der Waals surface area contributed by atoms with Gasteiger partial charge in [-0.3, -0.25) is 4.79 Å². The third kappa shape index (κ3) is 5.06. The first-order valence-electron chi connectivity index (χ1n) is 9.88. The Morgan fingerprint density at radius 1 is 1.08 bits per heavy atom. The predicted molar refractivity (Wildman–Crippen MR) is 94.9 cm³/mol. The number of unbranched alkanes of at least 4 members (excludes halogenated alkanes) is 9. The maximum Gasteiger partial charge on any atom is 0.338 e. The summed E-state index contributed by atoms with van der Waals surface area (Å²) in [6.45, 7) is 1.91. The van der Waals surface area contributed by atoms with Crippen molar-refractivity contribution < 1.29 is 24.2 Å². The maximum atomic E-state index is 12.1. The molecule has 5 nitrogen and oxygen atoms in total. The summed E-state index contributed by atoms with van der Waals surface area (Å²) >= 11 is 0. The van der Waals surface area contributed by atoms with E-state index in [9.17, 15) is 14.7 Å². The van der Waals surface area contributed by atoms with Gasteiger partial charge in [-0.25, -0.2) is 4.79 Å². The van der Waals surface area contributed by atoms with Crippen LogP contribution in [0.1, 0.15) is 84.0 Å². The number of esters is 2. The Morgan fingerprint density at radius 2 is 1.72 bits per heavy atom. The minimum atomic E-state index is -1.05. The molecular formula is C20H32O5. The van der Waals surface area contributed by atoms with Crippen LogP contribution in [-0.2, 0) is 19.1 Å². The Kier molecular flexibility index (Phi) is 7.94. The summed E-state index contributed by atoms with van der Waals surface area (Å²) < 4.78 is 10.6. The number of carbonyl (C=O) groups excluding carboxylic acids is 2. The lowest BCUT2D eigenvalue weighted by Gasteiger charge is -2.26. The van der Waals surface area contributed by atoms with Crippen LogP contribution in [0.25, 0.3) is 0 Å². The second-order valence-corrected chi connectivity index (χ2v) is 7.17. The molecular weight excluding hydrogens is 320 g/mol. The lowest BCUT2D eigenvalue weighted by molar-refractivity contribution is -0.156. The molecule has 0 aliphatic carbocycles. The van der Waals surface area contributed by atoms with Gasteiger partial charge in [0.15, 0.2) is 11.7 Å². The summed E-state index contributed by atoms with van der Waals surface area (Å²) in [7, 11) is 0. The lowest BCUT2D eigenvalue weighted by Crippen LogP contribution is -2.41. The van der Waals surface area contributed by atoms with Crippen molar-refractivity contribution in [3.05, 3.63) is 11.6 Å². The van der Waals surface area contributed by atoms with Gasteiger partial charge >= 0.3 is 11.9 Å². The van der Waals surface area contributed by atoms with Crippen molar-refractivity contribution in [2.24, 2.45) is 0 Å². The molecule has 0 radical (unpaired) electrons. The molecule has 2 atom stereocenters. The Bertz CT molecular complexity index is 484. The number of cyclic esters (lactones) is 1. The second-order valence-electron chi connectivity index (χ2n) is 7.17. The molecule has 2 aliphatic heterocycles. The molecule has 2 heterocycles. The van der Waals surface area contributed by atoms with E-state index in [1.165, 1.54) is 44.9 Å². The SMILES string of the molecule is CCCCCCCCCCC/C=C1\C(=O)O[C@@H](CO)[C@@]12CCC(=O)O2. The van der Waals surface area contributed by atoms with Crippen LogP contribution in [0.4, 0.5) is 0 Å². The highest BCUT2D eigenvalue weighted by Gasteiger charge is 2.58. The molecule has 0 aromatic carbocycles. The summed E-state index contributed by atoms with van der Waals surface area (Å²) in [5.74, 6) is -0.782. The Labute approximate surface area is 150 Å². The van der Waals surface area contributed by atoms with E-state index in [0.29, 0.717) is 12.0 Å². The average Bonchev–Trinajstić information content (AvgIpc) is 3.11. The molecule has 0 aromatic heterocycles. The fourth-order valence-corrected chi connectivity index (χ4v) is 3.79. The van der Waals surface area contributed by atoms with Gasteiger partial charge in [-0.1, -0.05) is 64.4 Å². The van der Waals surface area contributed by atoms with Crippen LogP contribution >= 0.6 is 0 Å². The number of allylic oxidation sites excluding steroid dienone is 1. The highest BCUT2D eigenvalue weighted by Crippen LogP contribution is 2.43. The summed E-state index contributed by atoms with van der Waals surface area (Å²) in [5, 5.41) is 9.46. The van der Waals surface area contributed by atoms with Crippen molar-refractivity contribution >= 4 is 11.9 Å². The number of hydrogen-bond donors (Lipinski definition) is 1. The Morgan fingerprint density at radius 3 is 2.28 bits per heavy atom. The quantitative estimate of drug-likeness (QED) is 0.348. The molecule has 0 bridgehead atoms. The van der Waals surface area contributed by atoms with Crippen LogP contribution < -0.4 is 0 Å². The first kappa shape index (κ1) is 20.0. The van der Waals surface area contributed by atoms with Gasteiger partial charge in [0.1, 0.15) is 0 Å². The van der Waals surface area contributed by atoms with E-state index in [0.717, 1.165) is 19.3 Å². The highest BCUT2D eigenvalue weighted by molar-refractivity contribution is 5.95. The van der Waals surface area contributed by atoms with Crippen molar-refractivity contribution in [1.82, 2.24) is 0 Å². The molecule has 0 unspecified atom stereocenters. The van der Waals surface area contributed by atoms with E-state index < -0.39 is 17.7 Å². The van der Waals surface area contributed by atoms with Gasteiger partial charge in [-0.2, -0.15) is 0 Å². The number of aliphatic hydroxyl groups is 1. The zero-order valence-electron chi connectivity index (χ0n) is 15.4. The van der Waals surface area contributed by atoms with Gasteiger partial charge < -0.3 is 14.6 Å². The summed E-state index contributed by atoms with van der Waals surface area (Å²) in [4.78, 5) is 23.7. The van der Waals surface area contributed by atoms with Crippen LogP contribution in [0.3, 0.4) is 0 Å². The lowest BCUT2D eigenvalue weighted by atomic mass is 9.87. The molecule has 2 aliphatic rings. The largest absolute Gasteiger partial charge is 0.452 e. The first-order valence-corrected chi connectivity index (χ1v) is 9.88. The molecule has 0 aromatic rings. The summed E-state index contributed by atoms with van der Waals surface area (Å²) in [5.41, 5.74) is -0.626. The molecule has 142 valence electrons. The normalized spacial score (nSPS) is 27.3. The van der Waals surface area contributed by atoms with Crippen LogP contribution in [0.2, 0.25) is 0 Å². The zero-order valence-corrected chi connectivity index (χ0v) is 15.4. The predicted octanol–water partition coefficient (Wildman–Crippen LogP) is 3.83. The number of ether oxygens (including phenoxy) is 2. The minimum absolute atomic E-state index is 0.266. The number of hydrogen-bond acceptors (Lipinski definition) is 5. The van der Waals surface area contributed by atoms with Gasteiger partial charge in [0.05, 0.1) is 12.2 Å². The number of aliphatic hydroxyl groups excluding tert-OH is 1. The van der Waals surface area contributed by atoms with E-state index in [1.54, 1.807) is 0 Å². The van der Waals surface area contributed by atoms with E-state index >= 15 is 0 Å². The molecule has 25 heavy (non-hydrogen) atoms. The summed E-state index contributed by atoms with van der Waals surface area (Å²) in [6.07, 6.45) is 13.8. The van der Waals surface area contributed by atoms with Crippen molar-refractivity contribution in [1.29, 1.82) is 0 Å². The second kappa shape index (κ2) is 9.95. The average molecular weight is 352 g/mol. The molecule has 0 saturated carbocycles. The monoisotopic (exact) mass is 352 g/mol. The van der Waals surface area contributed by atoms with Crippen molar-refractivity contribution in [2.75, 3.05) is 6.61 Å². The minimum Gasteiger partial charge on any atom is -0.452 e. The van der Waals surface area contributed by atoms with Crippen LogP contribution in [0.5, 0.6) is 0 Å². The van der Waals surface area contributed by atoms with Gasteiger partial charge in [0.2, 0.25) is 0 Å². The van der Waals surface area contributed by atoms with E-state index in [1.807, 2.05) is 6.08 Å². The molecule has 1 N–H and O–H groups in total. The summed E-state index contributed by atoms with van der Waals surface area (Å²) in [6, 6.07) is 0. The van der Waals surface area contributed by atoms with Crippen LogP contribution in [-0.4, -0.2) is 35.4 Å². The van der Waals surface area contributed by atoms with Gasteiger partial charge in [0.25, 0.3) is 0 Å². The molecule has 0 amide bonds. The number of carbonyl (C=O) groups is 2. The molecule has 1 spiro atoms. The van der Waals surface area contributed by atoms with E-state index in [2.05, 4.69) is 6.92 Å². The van der Waals surface area contributed by atoms with Crippen molar-refractivity contribution in [3.63, 3.8) is 0 Å². The van der Waals surface area contributed by atoms with Crippen LogP contribution in [0.15, 0.2) is 11.6 Å². The zero-order chi connectivity index (χ0) is 18.1. The van der Waals surface area contributed by atoms with Crippen molar-refractivity contribution in [2.45, 2.75) is 95.7 Å². The van der Waals surface area contributed by atoms with Gasteiger partial charge in [-0.05, 0) is 12.8 Å². The van der Waals surface area contributed by atoms with Crippen LogP contribution in [0, 0.1) is 0 Å². The fourth-order valence-electron chi connectivity index (χ4n) is 3.79.